The van der Waals surface area contributed by atoms with Crippen molar-refractivity contribution in [3.8, 4) is 11.6 Å². The molecule has 1 radical (unpaired) electrons. The monoisotopic (exact) mass is 309 g/mol. The van der Waals surface area contributed by atoms with Gasteiger partial charge in [0.05, 0.1) is 11.6 Å². The number of halogens is 6. The van der Waals surface area contributed by atoms with Gasteiger partial charge in [-0.3, -0.25) is 0 Å². The third-order valence-electron chi connectivity index (χ3n) is 2.41. The van der Waals surface area contributed by atoms with Crippen molar-refractivity contribution in [2.75, 3.05) is 0 Å². The molecule has 0 N–H and O–H groups in total. The number of aryl methyl sites for hydroxylation is 1. The van der Waals surface area contributed by atoms with Crippen molar-refractivity contribution in [2.45, 2.75) is 12.4 Å². The van der Waals surface area contributed by atoms with Crippen LogP contribution in [0.4, 0.5) is 26.3 Å². The van der Waals surface area contributed by atoms with Crippen molar-refractivity contribution in [2.24, 2.45) is 7.05 Å². The molecule has 0 bridgehead atoms. The zero-order chi connectivity index (χ0) is 15.8. The summed E-state index contributed by atoms with van der Waals surface area (Å²) >= 11 is 0. The van der Waals surface area contributed by atoms with Crippen molar-refractivity contribution in [1.29, 1.82) is 0 Å². The highest BCUT2D eigenvalue weighted by molar-refractivity contribution is 5.33. The zero-order valence-corrected chi connectivity index (χ0v) is 10.4. The van der Waals surface area contributed by atoms with Crippen molar-refractivity contribution in [3.63, 3.8) is 0 Å². The Balaban J connectivity index is 2.29. The standard InChI is InChI=1S/C12H7F6N2O/c1-20-10(6-9(19-20)12(16,17)18)21-8-4-2-3-7(5-8)11(13,14)15/h2-5H,1H3. The number of alkyl halides is 6. The van der Waals surface area contributed by atoms with Gasteiger partial charge in [-0.25, -0.2) is 4.68 Å². The molecule has 1 aromatic carbocycles. The summed E-state index contributed by atoms with van der Waals surface area (Å²) in [5, 5.41) is 3.14. The topological polar surface area (TPSA) is 27.1 Å². The lowest BCUT2D eigenvalue weighted by atomic mass is 10.2. The van der Waals surface area contributed by atoms with Gasteiger partial charge in [-0.2, -0.15) is 31.4 Å². The smallest absolute Gasteiger partial charge is 0.435 e. The maximum atomic E-state index is 12.5. The van der Waals surface area contributed by atoms with Crippen LogP contribution in [0.5, 0.6) is 11.6 Å². The molecule has 2 rings (SSSR count). The molecule has 0 spiro atoms. The molecular weight excluding hydrogens is 302 g/mol. The molecule has 2 aromatic rings. The first-order valence-corrected chi connectivity index (χ1v) is 5.46. The Morgan fingerprint density at radius 2 is 1.76 bits per heavy atom. The predicted octanol–water partition coefficient (Wildman–Crippen LogP) is 4.05. The fourth-order valence-electron chi connectivity index (χ4n) is 1.47. The molecule has 0 aliphatic heterocycles. The van der Waals surface area contributed by atoms with Gasteiger partial charge in [0.25, 0.3) is 0 Å². The van der Waals surface area contributed by atoms with E-state index in [1.807, 2.05) is 6.07 Å². The SMILES string of the molecule is Cn1nc(C(F)(F)F)[c]c1Oc1cccc(C(F)(F)F)c1. The van der Waals surface area contributed by atoms with E-state index in [0.29, 0.717) is 6.07 Å². The molecule has 113 valence electrons. The lowest BCUT2D eigenvalue weighted by Crippen LogP contribution is -2.06. The van der Waals surface area contributed by atoms with Crippen LogP contribution in [0.2, 0.25) is 0 Å². The van der Waals surface area contributed by atoms with Crippen LogP contribution in [0.3, 0.4) is 0 Å². The summed E-state index contributed by atoms with van der Waals surface area (Å²) in [7, 11) is 1.16. The third-order valence-corrected chi connectivity index (χ3v) is 2.41. The third kappa shape index (κ3) is 3.47. The van der Waals surface area contributed by atoms with Crippen molar-refractivity contribution < 1.29 is 31.1 Å². The Kier molecular flexibility index (Phi) is 3.60. The first-order valence-electron chi connectivity index (χ1n) is 5.46. The summed E-state index contributed by atoms with van der Waals surface area (Å²) in [6.45, 7) is 0. The summed E-state index contributed by atoms with van der Waals surface area (Å²) in [4.78, 5) is 0. The van der Waals surface area contributed by atoms with Crippen molar-refractivity contribution in [1.82, 2.24) is 9.78 Å². The average molecular weight is 309 g/mol. The van der Waals surface area contributed by atoms with Gasteiger partial charge in [0.2, 0.25) is 5.88 Å². The maximum Gasteiger partial charge on any atom is 0.435 e. The van der Waals surface area contributed by atoms with E-state index in [1.54, 1.807) is 0 Å². The molecule has 0 fully saturated rings. The fraction of sp³-hybridized carbons (Fsp3) is 0.250. The minimum Gasteiger partial charge on any atom is -0.439 e. The molecule has 0 aliphatic rings. The van der Waals surface area contributed by atoms with E-state index >= 15 is 0 Å². The molecule has 0 atom stereocenters. The Hall–Kier alpha value is -2.19. The van der Waals surface area contributed by atoms with E-state index in [2.05, 4.69) is 5.10 Å². The minimum absolute atomic E-state index is 0.266. The van der Waals surface area contributed by atoms with Crippen LogP contribution in [0.25, 0.3) is 0 Å². The van der Waals surface area contributed by atoms with Gasteiger partial charge in [0, 0.05) is 7.05 Å². The number of nitrogens with zero attached hydrogens (tertiary/aromatic N) is 2. The van der Waals surface area contributed by atoms with Crippen LogP contribution in [0, 0.1) is 6.07 Å². The Morgan fingerprint density at radius 1 is 1.10 bits per heavy atom. The summed E-state index contributed by atoms with van der Waals surface area (Å²) in [5.41, 5.74) is -2.29. The van der Waals surface area contributed by atoms with E-state index in [1.165, 1.54) is 6.07 Å². The highest BCUT2D eigenvalue weighted by Crippen LogP contribution is 2.34. The second-order valence-corrected chi connectivity index (χ2v) is 4.03. The van der Waals surface area contributed by atoms with E-state index < -0.39 is 29.5 Å². The number of aromatic nitrogens is 2. The lowest BCUT2D eigenvalue weighted by Gasteiger charge is -2.09. The second kappa shape index (κ2) is 4.97. The summed E-state index contributed by atoms with van der Waals surface area (Å²) in [6.07, 6.45) is -9.29. The first kappa shape index (κ1) is 15.2. The van der Waals surface area contributed by atoms with E-state index in [9.17, 15) is 26.3 Å². The fourth-order valence-corrected chi connectivity index (χ4v) is 1.47. The molecule has 0 saturated carbocycles. The first-order chi connectivity index (χ1) is 9.57. The second-order valence-electron chi connectivity index (χ2n) is 4.03. The summed E-state index contributed by atoms with van der Waals surface area (Å²) < 4.78 is 80.5. The summed E-state index contributed by atoms with van der Waals surface area (Å²) in [5.74, 6) is -0.709. The molecule has 0 unspecified atom stereocenters. The normalized spacial score (nSPS) is 12.5. The van der Waals surface area contributed by atoms with E-state index in [-0.39, 0.29) is 5.75 Å². The Labute approximate surface area is 114 Å². The lowest BCUT2D eigenvalue weighted by molar-refractivity contribution is -0.141. The number of ether oxygens (including phenoxy) is 1. The molecular formula is C12H7F6N2O. The molecule has 21 heavy (non-hydrogen) atoms. The van der Waals surface area contributed by atoms with Crippen LogP contribution >= 0.6 is 0 Å². The summed E-state index contributed by atoms with van der Waals surface area (Å²) in [6, 6.07) is 5.61. The van der Waals surface area contributed by atoms with Crippen LogP contribution in [0.1, 0.15) is 11.3 Å². The molecule has 0 amide bonds. The largest absolute Gasteiger partial charge is 0.439 e. The van der Waals surface area contributed by atoms with Crippen molar-refractivity contribution in [3.05, 3.63) is 41.6 Å². The van der Waals surface area contributed by atoms with Crippen LogP contribution in [-0.4, -0.2) is 9.78 Å². The van der Waals surface area contributed by atoms with Gasteiger partial charge in [-0.05, 0) is 18.2 Å². The zero-order valence-electron chi connectivity index (χ0n) is 10.4. The predicted molar refractivity (Wildman–Crippen MR) is 58.6 cm³/mol. The number of hydrogen-bond acceptors (Lipinski definition) is 2. The highest BCUT2D eigenvalue weighted by Gasteiger charge is 2.35. The minimum atomic E-state index is -4.72. The van der Waals surface area contributed by atoms with Gasteiger partial charge in [0.15, 0.2) is 5.69 Å². The molecule has 0 aliphatic carbocycles. The van der Waals surface area contributed by atoms with E-state index in [4.69, 9.17) is 4.74 Å². The molecule has 1 aromatic heterocycles. The van der Waals surface area contributed by atoms with Crippen molar-refractivity contribution >= 4 is 0 Å². The molecule has 1 heterocycles. The molecule has 3 nitrogen and oxygen atoms in total. The number of hydrogen-bond donors (Lipinski definition) is 0. The van der Waals surface area contributed by atoms with Crippen LogP contribution in [0.15, 0.2) is 24.3 Å². The van der Waals surface area contributed by atoms with Gasteiger partial charge in [-0.15, -0.1) is 0 Å². The highest BCUT2D eigenvalue weighted by atomic mass is 19.4. The van der Waals surface area contributed by atoms with Crippen LogP contribution < -0.4 is 4.74 Å². The maximum absolute atomic E-state index is 12.5. The Bertz CT molecular complexity index is 644. The molecule has 0 saturated heterocycles. The van der Waals surface area contributed by atoms with Gasteiger partial charge in [-0.1, -0.05) is 6.07 Å². The number of benzene rings is 1. The van der Waals surface area contributed by atoms with Gasteiger partial charge < -0.3 is 4.74 Å². The van der Waals surface area contributed by atoms with Gasteiger partial charge >= 0.3 is 12.4 Å². The quantitative estimate of drug-likeness (QED) is 0.783. The molecule has 9 heteroatoms. The van der Waals surface area contributed by atoms with Crippen LogP contribution in [-0.2, 0) is 19.4 Å². The van der Waals surface area contributed by atoms with Gasteiger partial charge in [0.1, 0.15) is 5.75 Å². The Morgan fingerprint density at radius 3 is 2.29 bits per heavy atom. The van der Waals surface area contributed by atoms with E-state index in [0.717, 1.165) is 23.9 Å². The number of rotatable bonds is 2. The average Bonchev–Trinajstić information content (AvgIpc) is 2.70.